The van der Waals surface area contributed by atoms with Crippen LogP contribution in [0, 0.1) is 0 Å². The van der Waals surface area contributed by atoms with Crippen LogP contribution >= 0.6 is 46.4 Å². The normalized spacial score (nSPS) is 11.1. The lowest BCUT2D eigenvalue weighted by Crippen LogP contribution is -2.30. The Balaban J connectivity index is 1.38. The maximum Gasteiger partial charge on any atom is 0.272 e. The van der Waals surface area contributed by atoms with Crippen molar-refractivity contribution in [3.8, 4) is 0 Å². The van der Waals surface area contributed by atoms with Gasteiger partial charge in [0.2, 0.25) is 16.2 Å². The zero-order chi connectivity index (χ0) is 26.7. The lowest BCUT2D eigenvalue weighted by Gasteiger charge is -2.12. The van der Waals surface area contributed by atoms with Crippen LogP contribution in [0.5, 0.6) is 0 Å². The van der Waals surface area contributed by atoms with Crippen LogP contribution in [-0.2, 0) is 9.59 Å². The van der Waals surface area contributed by atoms with Gasteiger partial charge in [-0.2, -0.15) is 20.7 Å². The van der Waals surface area contributed by atoms with Crippen LogP contribution in [0.1, 0.15) is 22.8 Å². The fourth-order valence-electron chi connectivity index (χ4n) is 3.08. The van der Waals surface area contributed by atoms with Gasteiger partial charge < -0.3 is 10.6 Å². The molecule has 0 aliphatic rings. The first-order chi connectivity index (χ1) is 18.5. The minimum atomic E-state index is -0.461. The van der Waals surface area contributed by atoms with E-state index in [2.05, 4.69) is 25.3 Å². The van der Waals surface area contributed by atoms with E-state index in [-0.39, 0.29) is 23.3 Å². The quantitative estimate of drug-likeness (QED) is 0.150. The summed E-state index contributed by atoms with van der Waals surface area (Å²) in [5.41, 5.74) is 1.91. The molecule has 0 aliphatic heterocycles. The minimum absolute atomic E-state index is 0.118. The van der Waals surface area contributed by atoms with Gasteiger partial charge in [-0.05, 0) is 64.6 Å². The van der Waals surface area contributed by atoms with Gasteiger partial charge in [0.15, 0.2) is 0 Å². The van der Waals surface area contributed by atoms with Crippen molar-refractivity contribution in [1.82, 2.24) is 14.7 Å². The molecule has 3 N–H and O–H groups in total. The smallest absolute Gasteiger partial charge is 0.272 e. The Bertz CT molecular complexity index is 1420. The Labute approximate surface area is 236 Å². The monoisotopic (exact) mass is 581 g/mol. The van der Waals surface area contributed by atoms with Gasteiger partial charge in [-0.1, -0.05) is 43.0 Å². The SMILES string of the molecule is CCSc1nsc(NC(=O)CSc2cccc(NC(=O)/C(=C/c3ccsc3)NC(=O)c3ccccc3)c2)n1. The number of anilines is 2. The van der Waals surface area contributed by atoms with E-state index in [1.54, 1.807) is 48.5 Å². The van der Waals surface area contributed by atoms with Gasteiger partial charge in [0.1, 0.15) is 5.70 Å². The van der Waals surface area contributed by atoms with E-state index in [0.717, 1.165) is 27.7 Å². The van der Waals surface area contributed by atoms with E-state index < -0.39 is 5.91 Å². The molecule has 0 bridgehead atoms. The van der Waals surface area contributed by atoms with Gasteiger partial charge in [0, 0.05) is 27.7 Å². The summed E-state index contributed by atoms with van der Waals surface area (Å²) < 4.78 is 4.19. The molecule has 2 aromatic heterocycles. The predicted octanol–water partition coefficient (Wildman–Crippen LogP) is 5.85. The van der Waals surface area contributed by atoms with E-state index in [4.69, 9.17) is 0 Å². The molecule has 0 fully saturated rings. The topological polar surface area (TPSA) is 113 Å². The van der Waals surface area contributed by atoms with Crippen molar-refractivity contribution in [3.63, 3.8) is 0 Å². The first-order valence-corrected chi connectivity index (χ1v) is 15.1. The second-order valence-electron chi connectivity index (χ2n) is 7.57. The van der Waals surface area contributed by atoms with Crippen LogP contribution in [0.3, 0.4) is 0 Å². The molecule has 3 amide bonds. The number of amides is 3. The van der Waals surface area contributed by atoms with Crippen LogP contribution in [0.4, 0.5) is 10.8 Å². The van der Waals surface area contributed by atoms with Gasteiger partial charge in [0.05, 0.1) is 5.75 Å². The lowest BCUT2D eigenvalue weighted by molar-refractivity contribution is -0.114. The van der Waals surface area contributed by atoms with Crippen molar-refractivity contribution in [2.75, 3.05) is 22.1 Å². The number of nitrogens with one attached hydrogen (secondary N) is 3. The minimum Gasteiger partial charge on any atom is -0.321 e. The van der Waals surface area contributed by atoms with Crippen molar-refractivity contribution in [2.24, 2.45) is 0 Å². The molecule has 2 heterocycles. The number of hydrogen-bond acceptors (Lipinski definition) is 9. The summed E-state index contributed by atoms with van der Waals surface area (Å²) in [4.78, 5) is 43.3. The maximum atomic E-state index is 13.2. The molecule has 194 valence electrons. The number of hydrogen-bond donors (Lipinski definition) is 3. The molecule has 8 nitrogen and oxygen atoms in total. The van der Waals surface area contributed by atoms with Gasteiger partial charge in [-0.25, -0.2) is 0 Å². The third-order valence-corrected chi connectivity index (χ3v) is 7.94. The third kappa shape index (κ3) is 8.28. The number of carbonyl (C=O) groups is 3. The van der Waals surface area contributed by atoms with Crippen molar-refractivity contribution < 1.29 is 14.4 Å². The zero-order valence-electron chi connectivity index (χ0n) is 20.2. The average molecular weight is 582 g/mol. The molecule has 38 heavy (non-hydrogen) atoms. The van der Waals surface area contributed by atoms with Crippen LogP contribution < -0.4 is 16.0 Å². The molecule has 2 aromatic carbocycles. The summed E-state index contributed by atoms with van der Waals surface area (Å²) in [5.74, 6) is -0.00898. The number of rotatable bonds is 11. The first kappa shape index (κ1) is 27.6. The molecule has 0 spiro atoms. The molecule has 0 atom stereocenters. The van der Waals surface area contributed by atoms with E-state index in [0.29, 0.717) is 21.5 Å². The maximum absolute atomic E-state index is 13.2. The van der Waals surface area contributed by atoms with Crippen LogP contribution in [0.2, 0.25) is 0 Å². The van der Waals surface area contributed by atoms with Crippen molar-refractivity contribution in [1.29, 1.82) is 0 Å². The molecule has 0 aliphatic carbocycles. The fourth-order valence-corrected chi connectivity index (χ4v) is 5.74. The van der Waals surface area contributed by atoms with Crippen LogP contribution in [0.25, 0.3) is 6.08 Å². The molecule has 4 aromatic rings. The predicted molar refractivity (Wildman–Crippen MR) is 157 cm³/mol. The summed E-state index contributed by atoms with van der Waals surface area (Å²) in [6.07, 6.45) is 1.63. The summed E-state index contributed by atoms with van der Waals surface area (Å²) in [6, 6.07) is 17.7. The van der Waals surface area contributed by atoms with Crippen LogP contribution in [0.15, 0.2) is 87.2 Å². The summed E-state index contributed by atoms with van der Waals surface area (Å²) in [7, 11) is 0. The summed E-state index contributed by atoms with van der Waals surface area (Å²) >= 11 is 5.49. The fraction of sp³-hybridized carbons (Fsp3) is 0.115. The Hall–Kier alpha value is -3.45. The van der Waals surface area contributed by atoms with Gasteiger partial charge in [-0.15, -0.1) is 11.8 Å². The van der Waals surface area contributed by atoms with E-state index in [9.17, 15) is 14.4 Å². The second-order valence-corrected chi connectivity index (χ2v) is 11.4. The molecule has 4 rings (SSSR count). The number of thioether (sulfide) groups is 2. The van der Waals surface area contributed by atoms with Crippen molar-refractivity contribution in [3.05, 3.63) is 88.2 Å². The molecule has 0 saturated heterocycles. The molecular formula is C26H23N5O3S4. The summed E-state index contributed by atoms with van der Waals surface area (Å²) in [6.45, 7) is 2.01. The third-order valence-electron chi connectivity index (χ3n) is 4.77. The van der Waals surface area contributed by atoms with E-state index in [1.165, 1.54) is 34.9 Å². The molecule has 0 unspecified atom stereocenters. The number of carbonyl (C=O) groups excluding carboxylic acids is 3. The van der Waals surface area contributed by atoms with Crippen molar-refractivity contribution in [2.45, 2.75) is 17.0 Å². The number of benzene rings is 2. The molecule has 0 radical (unpaired) electrons. The summed E-state index contributed by atoms with van der Waals surface area (Å²) in [5, 5.41) is 13.2. The Kier molecular flexibility index (Phi) is 10.1. The highest BCUT2D eigenvalue weighted by Gasteiger charge is 2.16. The highest BCUT2D eigenvalue weighted by atomic mass is 32.2. The van der Waals surface area contributed by atoms with Crippen LogP contribution in [-0.4, -0.2) is 38.6 Å². The Morgan fingerprint density at radius 2 is 1.84 bits per heavy atom. The standard InChI is InChI=1S/C26H23N5O3S4/c1-2-36-26-30-25(38-31-26)29-22(32)16-37-20-10-6-9-19(14-20)27-24(34)21(13-17-11-12-35-15-17)28-23(33)18-7-4-3-5-8-18/h3-15H,2,16H2,1H3,(H,27,34)(H,28,33)(H,29,30,31,32)/b21-13-. The van der Waals surface area contributed by atoms with E-state index in [1.807, 2.05) is 35.9 Å². The zero-order valence-corrected chi connectivity index (χ0v) is 23.4. The van der Waals surface area contributed by atoms with Gasteiger partial charge >= 0.3 is 0 Å². The molecule has 0 saturated carbocycles. The average Bonchev–Trinajstić information content (AvgIpc) is 3.60. The number of thiophene rings is 1. The van der Waals surface area contributed by atoms with Crippen molar-refractivity contribution >= 4 is 81.0 Å². The largest absolute Gasteiger partial charge is 0.321 e. The molecular weight excluding hydrogens is 559 g/mol. The number of nitrogens with zero attached hydrogens (tertiary/aromatic N) is 2. The lowest BCUT2D eigenvalue weighted by atomic mass is 10.2. The van der Waals surface area contributed by atoms with Gasteiger partial charge in [-0.3, -0.25) is 19.7 Å². The highest BCUT2D eigenvalue weighted by molar-refractivity contribution is 8.00. The number of aromatic nitrogens is 2. The molecule has 12 heteroatoms. The highest BCUT2D eigenvalue weighted by Crippen LogP contribution is 2.24. The van der Waals surface area contributed by atoms with Gasteiger partial charge in [0.25, 0.3) is 11.8 Å². The van der Waals surface area contributed by atoms with E-state index >= 15 is 0 Å². The first-order valence-electron chi connectivity index (χ1n) is 11.4. The Morgan fingerprint density at radius 1 is 1.00 bits per heavy atom. The second kappa shape index (κ2) is 13.9. The Morgan fingerprint density at radius 3 is 2.61 bits per heavy atom.